The van der Waals surface area contributed by atoms with Gasteiger partial charge in [-0.1, -0.05) is 5.92 Å². The smallest absolute Gasteiger partial charge is 0.0386 e. The largest absolute Gasteiger partial charge is 0.330 e. The molecule has 1 rings (SSSR count). The van der Waals surface area contributed by atoms with Gasteiger partial charge in [0.2, 0.25) is 0 Å². The molecular weight excluding hydrogens is 124 g/mol. The summed E-state index contributed by atoms with van der Waals surface area (Å²) in [6.07, 6.45) is 0.712. The molecule has 1 aliphatic heterocycles. The topological polar surface area (TPSA) is 15.3 Å². The number of nitrogens with zero attached hydrogens (tertiary/aromatic N) is 1. The van der Waals surface area contributed by atoms with Crippen molar-refractivity contribution in [1.82, 2.24) is 10.2 Å². The van der Waals surface area contributed by atoms with Crippen molar-refractivity contribution >= 4 is 0 Å². The van der Waals surface area contributed by atoms with Crippen LogP contribution in [-0.4, -0.2) is 31.1 Å². The van der Waals surface area contributed by atoms with Gasteiger partial charge in [0.15, 0.2) is 0 Å². The average molecular weight is 137 g/mol. The van der Waals surface area contributed by atoms with E-state index in [9.17, 15) is 0 Å². The first kappa shape index (κ1) is 7.43. The van der Waals surface area contributed by atoms with Gasteiger partial charge in [0, 0.05) is 38.6 Å². The Morgan fingerprint density at radius 2 is 2.10 bits per heavy atom. The molecule has 2 nitrogen and oxygen atoms in total. The fraction of sp³-hybridized carbons (Fsp3) is 0.625. The molecule has 0 saturated carbocycles. The standard InChI is InChI=1S/C8H13N2/c1-2-3-6-10-7-4-9-5-8-10/h9H,1-2,4-5,7-8H2. The predicted octanol–water partition coefficient (Wildman–Crippen LogP) is 0.0767. The van der Waals surface area contributed by atoms with Crippen LogP contribution in [0.3, 0.4) is 0 Å². The Labute approximate surface area is 62.6 Å². The quantitative estimate of drug-likeness (QED) is 0.475. The molecule has 0 aromatic carbocycles. The fourth-order valence-corrected chi connectivity index (χ4v) is 0.944. The Morgan fingerprint density at radius 1 is 1.40 bits per heavy atom. The van der Waals surface area contributed by atoms with Gasteiger partial charge < -0.3 is 10.2 Å². The zero-order valence-corrected chi connectivity index (χ0v) is 6.19. The summed E-state index contributed by atoms with van der Waals surface area (Å²) in [5.74, 6) is 2.96. The maximum Gasteiger partial charge on any atom is 0.0386 e. The third-order valence-electron chi connectivity index (χ3n) is 1.48. The van der Waals surface area contributed by atoms with Crippen molar-refractivity contribution in [3.63, 3.8) is 0 Å². The van der Waals surface area contributed by atoms with Crippen LogP contribution in [0.4, 0.5) is 0 Å². The molecule has 0 atom stereocenters. The lowest BCUT2D eigenvalue weighted by molar-refractivity contribution is 0.341. The van der Waals surface area contributed by atoms with Crippen LogP contribution < -0.4 is 5.32 Å². The molecule has 1 radical (unpaired) electrons. The molecule has 2 heteroatoms. The van der Waals surface area contributed by atoms with Crippen LogP contribution >= 0.6 is 0 Å². The second kappa shape index (κ2) is 4.19. The second-order valence-corrected chi connectivity index (χ2v) is 2.28. The number of hydrogen-bond donors (Lipinski definition) is 1. The molecule has 0 spiro atoms. The number of nitrogens with one attached hydrogen (secondary N) is 1. The van der Waals surface area contributed by atoms with Crippen LogP contribution in [0, 0.1) is 18.9 Å². The number of hydrogen-bond acceptors (Lipinski definition) is 2. The summed E-state index contributed by atoms with van der Waals surface area (Å²) in [6, 6.07) is 3.05. The van der Waals surface area contributed by atoms with Crippen LogP contribution in [0.2, 0.25) is 0 Å². The Morgan fingerprint density at radius 3 is 2.70 bits per heavy atom. The summed E-state index contributed by atoms with van der Waals surface area (Å²) in [4.78, 5) is 2.14. The minimum absolute atomic E-state index is 0.712. The van der Waals surface area contributed by atoms with E-state index < -0.39 is 0 Å². The third-order valence-corrected chi connectivity index (χ3v) is 1.48. The second-order valence-electron chi connectivity index (χ2n) is 2.28. The molecular formula is C8H13N2. The zero-order valence-electron chi connectivity index (χ0n) is 6.19. The molecule has 55 valence electrons. The van der Waals surface area contributed by atoms with E-state index >= 15 is 0 Å². The first-order valence-corrected chi connectivity index (χ1v) is 3.67. The maximum absolute atomic E-state index is 3.65. The molecule has 1 heterocycles. The lowest BCUT2D eigenvalue weighted by Crippen LogP contribution is -2.40. The predicted molar refractivity (Wildman–Crippen MR) is 42.2 cm³/mol. The summed E-state index contributed by atoms with van der Waals surface area (Å²) in [6.45, 7) is 7.87. The molecule has 0 bridgehead atoms. The first-order valence-electron chi connectivity index (χ1n) is 3.67. The summed E-state index contributed by atoms with van der Waals surface area (Å²) in [5, 5.41) is 3.27. The monoisotopic (exact) mass is 137 g/mol. The van der Waals surface area contributed by atoms with Crippen molar-refractivity contribution in [2.45, 2.75) is 6.42 Å². The van der Waals surface area contributed by atoms with Crippen molar-refractivity contribution < 1.29 is 0 Å². The molecule has 0 aliphatic carbocycles. The fourth-order valence-electron chi connectivity index (χ4n) is 0.944. The molecule has 1 N–H and O–H groups in total. The molecule has 1 fully saturated rings. The SMILES string of the molecule is [CH2]CC#CN1CCNCC1. The highest BCUT2D eigenvalue weighted by atomic mass is 15.2. The van der Waals surface area contributed by atoms with Crippen molar-refractivity contribution in [2.24, 2.45) is 0 Å². The van der Waals surface area contributed by atoms with Crippen molar-refractivity contribution in [3.05, 3.63) is 6.92 Å². The number of rotatable bonds is 0. The molecule has 1 aliphatic rings. The van der Waals surface area contributed by atoms with Crippen LogP contribution in [0.1, 0.15) is 6.42 Å². The van der Waals surface area contributed by atoms with E-state index in [0.29, 0.717) is 6.42 Å². The first-order chi connectivity index (χ1) is 4.93. The third kappa shape index (κ3) is 2.28. The van der Waals surface area contributed by atoms with Gasteiger partial charge in [-0.3, -0.25) is 0 Å². The summed E-state index contributed by atoms with van der Waals surface area (Å²) in [5.41, 5.74) is 0. The van der Waals surface area contributed by atoms with E-state index in [2.05, 4.69) is 29.1 Å². The van der Waals surface area contributed by atoms with Gasteiger partial charge in [0.1, 0.15) is 0 Å². The van der Waals surface area contributed by atoms with Crippen LogP contribution in [0.15, 0.2) is 0 Å². The van der Waals surface area contributed by atoms with Crippen LogP contribution in [0.25, 0.3) is 0 Å². The Kier molecular flexibility index (Phi) is 3.11. The van der Waals surface area contributed by atoms with Gasteiger partial charge in [-0.2, -0.15) is 0 Å². The van der Waals surface area contributed by atoms with E-state index in [0.717, 1.165) is 26.2 Å². The maximum atomic E-state index is 3.65. The number of piperazine rings is 1. The molecule has 0 unspecified atom stereocenters. The van der Waals surface area contributed by atoms with Gasteiger partial charge in [0.05, 0.1) is 0 Å². The summed E-state index contributed by atoms with van der Waals surface area (Å²) in [7, 11) is 0. The molecule has 0 amide bonds. The molecule has 10 heavy (non-hydrogen) atoms. The van der Waals surface area contributed by atoms with E-state index in [1.54, 1.807) is 0 Å². The Hall–Kier alpha value is -0.680. The van der Waals surface area contributed by atoms with E-state index in [4.69, 9.17) is 0 Å². The lowest BCUT2D eigenvalue weighted by atomic mass is 10.4. The van der Waals surface area contributed by atoms with Crippen LogP contribution in [0.5, 0.6) is 0 Å². The zero-order chi connectivity index (χ0) is 7.23. The summed E-state index contributed by atoms with van der Waals surface area (Å²) >= 11 is 0. The molecule has 0 aromatic rings. The van der Waals surface area contributed by atoms with E-state index in [-0.39, 0.29) is 0 Å². The van der Waals surface area contributed by atoms with E-state index in [1.807, 2.05) is 0 Å². The average Bonchev–Trinajstić information content (AvgIpc) is 2.03. The van der Waals surface area contributed by atoms with Crippen molar-refractivity contribution in [3.8, 4) is 12.0 Å². The minimum atomic E-state index is 0.712. The molecule has 1 saturated heterocycles. The van der Waals surface area contributed by atoms with Gasteiger partial charge in [-0.25, -0.2) is 0 Å². The minimum Gasteiger partial charge on any atom is -0.330 e. The normalized spacial score (nSPS) is 17.9. The Balaban J connectivity index is 2.25. The Bertz CT molecular complexity index is 137. The van der Waals surface area contributed by atoms with Crippen LogP contribution in [-0.2, 0) is 0 Å². The van der Waals surface area contributed by atoms with Gasteiger partial charge in [-0.15, -0.1) is 0 Å². The summed E-state index contributed by atoms with van der Waals surface area (Å²) < 4.78 is 0. The highest BCUT2D eigenvalue weighted by Gasteiger charge is 2.03. The lowest BCUT2D eigenvalue weighted by Gasteiger charge is -2.22. The van der Waals surface area contributed by atoms with Gasteiger partial charge >= 0.3 is 0 Å². The highest BCUT2D eigenvalue weighted by molar-refractivity contribution is 5.00. The van der Waals surface area contributed by atoms with Gasteiger partial charge in [-0.05, 0) is 6.92 Å². The van der Waals surface area contributed by atoms with Crippen molar-refractivity contribution in [1.29, 1.82) is 0 Å². The van der Waals surface area contributed by atoms with Crippen molar-refractivity contribution in [2.75, 3.05) is 26.2 Å². The molecule has 0 aromatic heterocycles. The van der Waals surface area contributed by atoms with Gasteiger partial charge in [0.25, 0.3) is 0 Å². The van der Waals surface area contributed by atoms with E-state index in [1.165, 1.54) is 0 Å². The highest BCUT2D eigenvalue weighted by Crippen LogP contribution is 1.87.